The normalized spacial score (nSPS) is 12.9. The second kappa shape index (κ2) is 12.8. The number of hydrogen-bond acceptors (Lipinski definition) is 3. The number of ether oxygens (including phenoxy) is 1. The molecule has 0 atom stereocenters. The summed E-state index contributed by atoms with van der Waals surface area (Å²) in [6, 6.07) is 62.7. The zero-order valence-electron chi connectivity index (χ0n) is 26.6. The molecule has 0 unspecified atom stereocenters. The van der Waals surface area contributed by atoms with E-state index in [-0.39, 0.29) is 11.8 Å². The number of rotatable bonds is 8. The first-order chi connectivity index (χ1) is 24.1. The van der Waals surface area contributed by atoms with Crippen LogP contribution in [0.4, 0.5) is 5.69 Å². The van der Waals surface area contributed by atoms with Gasteiger partial charge in [-0.15, -0.1) is 0 Å². The van der Waals surface area contributed by atoms with Crippen molar-refractivity contribution in [1.82, 2.24) is 0 Å². The van der Waals surface area contributed by atoms with E-state index in [0.29, 0.717) is 28.3 Å². The molecule has 1 aliphatic heterocycles. The van der Waals surface area contributed by atoms with Crippen molar-refractivity contribution in [2.45, 2.75) is 0 Å². The van der Waals surface area contributed by atoms with Crippen LogP contribution in [0.3, 0.4) is 0 Å². The Labute approximate surface area is 286 Å². The van der Waals surface area contributed by atoms with Crippen molar-refractivity contribution in [3.05, 3.63) is 199 Å². The third-order valence-corrected chi connectivity index (χ3v) is 14.0. The van der Waals surface area contributed by atoms with Crippen LogP contribution < -0.4 is 30.9 Å². The maximum atomic E-state index is 14.0. The Morgan fingerprint density at radius 2 is 0.857 bits per heavy atom. The zero-order chi connectivity index (χ0) is 33.2. The molecule has 0 saturated heterocycles. The molecule has 5 heteroatoms. The van der Waals surface area contributed by atoms with Gasteiger partial charge in [0.2, 0.25) is 0 Å². The second-order valence-corrected chi connectivity index (χ2v) is 15.9. The van der Waals surface area contributed by atoms with E-state index in [1.807, 2.05) is 78.9 Å². The molecule has 1 aliphatic rings. The number of anilines is 1. The minimum atomic E-state index is -2.85. The van der Waals surface area contributed by atoms with Crippen LogP contribution in [0.25, 0.3) is 11.1 Å². The van der Waals surface area contributed by atoms with Crippen LogP contribution in [0.1, 0.15) is 20.7 Å². The molecule has 0 fully saturated rings. The summed E-state index contributed by atoms with van der Waals surface area (Å²) in [6.45, 7) is 0. The van der Waals surface area contributed by atoms with Crippen molar-refractivity contribution >= 4 is 46.0 Å². The van der Waals surface area contributed by atoms with Crippen molar-refractivity contribution in [2.24, 2.45) is 0 Å². The van der Waals surface area contributed by atoms with E-state index in [1.54, 1.807) is 18.2 Å². The van der Waals surface area contributed by atoms with Gasteiger partial charge in [-0.3, -0.25) is 0 Å². The Kier molecular flexibility index (Phi) is 7.93. The molecule has 7 aromatic rings. The Morgan fingerprint density at radius 3 is 1.43 bits per heavy atom. The van der Waals surface area contributed by atoms with E-state index < -0.39 is 7.26 Å². The summed E-state index contributed by atoms with van der Waals surface area (Å²) in [5.74, 6) is 0.423. The van der Waals surface area contributed by atoms with Gasteiger partial charge in [-0.05, 0) is 11.1 Å². The molecule has 0 aliphatic carbocycles. The van der Waals surface area contributed by atoms with Crippen LogP contribution in [0.5, 0.6) is 11.5 Å². The van der Waals surface area contributed by atoms with Crippen molar-refractivity contribution in [3.63, 3.8) is 0 Å². The van der Waals surface area contributed by atoms with Gasteiger partial charge in [-0.2, -0.15) is 0 Å². The molecule has 0 spiro atoms. The third kappa shape index (κ3) is 5.43. The van der Waals surface area contributed by atoms with E-state index >= 15 is 0 Å². The van der Waals surface area contributed by atoms with Gasteiger partial charge in [0.1, 0.15) is 0 Å². The Morgan fingerprint density at radius 1 is 0.388 bits per heavy atom. The van der Waals surface area contributed by atoms with E-state index in [1.165, 1.54) is 20.8 Å². The molecule has 7 aromatic carbocycles. The zero-order valence-corrected chi connectivity index (χ0v) is 27.6. The first-order valence-electron chi connectivity index (χ1n) is 16.3. The first-order valence-corrected chi connectivity index (χ1v) is 18.3. The van der Waals surface area contributed by atoms with Gasteiger partial charge in [0.25, 0.3) is 0 Å². The van der Waals surface area contributed by atoms with Crippen molar-refractivity contribution < 1.29 is 14.3 Å². The predicted molar refractivity (Wildman–Crippen MR) is 202 cm³/mol. The van der Waals surface area contributed by atoms with Crippen LogP contribution >= 0.6 is 7.26 Å². The predicted octanol–water partition coefficient (Wildman–Crippen LogP) is 8.30. The quantitative estimate of drug-likeness (QED) is 0.123. The molecule has 1 heterocycles. The van der Waals surface area contributed by atoms with E-state index in [4.69, 9.17) is 4.74 Å². The van der Waals surface area contributed by atoms with E-state index in [0.717, 1.165) is 16.4 Å². The number of nitrogens with zero attached hydrogens (tertiary/aromatic N) is 1. The molecule has 4 nitrogen and oxygen atoms in total. The SMILES string of the molecule is O=C1c2ccc(Oc3ccc(-c4ccccc4)cc3)cc2C(=O)N1c1cccc([PH](c2ccccc2)(c2ccccc2)c2ccccc2)c1. The molecule has 236 valence electrons. The molecule has 0 bridgehead atoms. The molecule has 0 aromatic heterocycles. The van der Waals surface area contributed by atoms with Crippen LogP contribution in [-0.4, -0.2) is 11.8 Å². The van der Waals surface area contributed by atoms with Gasteiger partial charge in [-0.1, -0.05) is 30.3 Å². The monoisotopic (exact) mass is 653 g/mol. The van der Waals surface area contributed by atoms with Gasteiger partial charge in [0.15, 0.2) is 0 Å². The fourth-order valence-corrected chi connectivity index (χ4v) is 11.7. The van der Waals surface area contributed by atoms with Gasteiger partial charge in [0, 0.05) is 0 Å². The molecule has 0 radical (unpaired) electrons. The third-order valence-electron chi connectivity index (χ3n) is 9.21. The van der Waals surface area contributed by atoms with Crippen molar-refractivity contribution in [1.29, 1.82) is 0 Å². The number of amides is 2. The van der Waals surface area contributed by atoms with Gasteiger partial charge in [0.05, 0.1) is 0 Å². The van der Waals surface area contributed by atoms with Crippen molar-refractivity contribution in [2.75, 3.05) is 4.90 Å². The van der Waals surface area contributed by atoms with Crippen LogP contribution in [-0.2, 0) is 0 Å². The van der Waals surface area contributed by atoms with Gasteiger partial charge in [-0.25, -0.2) is 0 Å². The fraction of sp³-hybridized carbons (Fsp3) is 0. The molecular formula is C44H32NO3P. The fourth-order valence-electron chi connectivity index (χ4n) is 6.94. The molecule has 2 amide bonds. The summed E-state index contributed by atoms with van der Waals surface area (Å²) < 4.78 is 6.15. The average molecular weight is 654 g/mol. The summed E-state index contributed by atoms with van der Waals surface area (Å²) in [5.41, 5.74) is 3.43. The number of carbonyl (C=O) groups is 2. The van der Waals surface area contributed by atoms with Crippen LogP contribution in [0, 0.1) is 0 Å². The Balaban J connectivity index is 1.16. The second-order valence-electron chi connectivity index (χ2n) is 12.0. The number of hydrogen-bond donors (Lipinski definition) is 0. The minimum absolute atomic E-state index is 0.325. The van der Waals surface area contributed by atoms with Crippen molar-refractivity contribution in [3.8, 4) is 22.6 Å². The molecule has 49 heavy (non-hydrogen) atoms. The number of fused-ring (bicyclic) bond motifs is 1. The number of carbonyl (C=O) groups excluding carboxylic acids is 2. The standard InChI is InChI=1S/C44H32NO3P/c46-43-41-29-28-36(48-35-26-24-33(25-27-35)32-14-5-1-6-15-32)31-42(41)44(47)45(43)34-16-13-23-40(30-34)49(37-17-7-2-8-18-37,38-19-9-3-10-20-38)39-21-11-4-12-22-39/h1-31,49H. The van der Waals surface area contributed by atoms with E-state index in [9.17, 15) is 9.59 Å². The molecule has 0 saturated carbocycles. The van der Waals surface area contributed by atoms with E-state index in [2.05, 4.69) is 91.0 Å². The maximum absolute atomic E-state index is 14.0. The van der Waals surface area contributed by atoms with Crippen LogP contribution in [0.15, 0.2) is 188 Å². The van der Waals surface area contributed by atoms with Crippen LogP contribution in [0.2, 0.25) is 0 Å². The summed E-state index contributed by atoms with van der Waals surface area (Å²) in [4.78, 5) is 29.2. The Hall–Kier alpha value is -6.09. The first kappa shape index (κ1) is 30.3. The molecule has 0 N–H and O–H groups in total. The average Bonchev–Trinajstić information content (AvgIpc) is 3.42. The number of imide groups is 1. The summed E-state index contributed by atoms with van der Waals surface area (Å²) in [7, 11) is -2.85. The van der Waals surface area contributed by atoms with Gasteiger partial charge >= 0.3 is 246 Å². The Bertz CT molecular complexity index is 2180. The molecular weight excluding hydrogens is 621 g/mol. The summed E-state index contributed by atoms with van der Waals surface area (Å²) >= 11 is 0. The number of benzene rings is 7. The summed E-state index contributed by atoms with van der Waals surface area (Å²) in [5, 5.41) is 4.72. The van der Waals surface area contributed by atoms with Gasteiger partial charge < -0.3 is 0 Å². The molecule has 8 rings (SSSR count). The summed E-state index contributed by atoms with van der Waals surface area (Å²) in [6.07, 6.45) is 0. The topological polar surface area (TPSA) is 46.6 Å².